The molecule has 1 fully saturated rings. The van der Waals surface area contributed by atoms with E-state index in [9.17, 15) is 9.59 Å². The Balaban J connectivity index is 1.97. The molecule has 0 aliphatic carbocycles. The molecule has 1 saturated heterocycles. The number of carbonyl (C=O) groups is 2. The molecule has 0 bridgehead atoms. The van der Waals surface area contributed by atoms with E-state index in [0.717, 1.165) is 13.0 Å². The Kier molecular flexibility index (Phi) is 8.21. The maximum Gasteiger partial charge on any atom is 0.303 e. The zero-order valence-electron chi connectivity index (χ0n) is 11.7. The number of nitrogens with zero attached hydrogens (tertiary/aromatic N) is 1. The van der Waals surface area contributed by atoms with Crippen LogP contribution in [0.4, 0.5) is 0 Å². The number of amides is 1. The maximum absolute atomic E-state index is 11.4. The van der Waals surface area contributed by atoms with Gasteiger partial charge in [0.15, 0.2) is 0 Å². The first-order valence-corrected chi connectivity index (χ1v) is 7.39. The van der Waals surface area contributed by atoms with Gasteiger partial charge in [-0.3, -0.25) is 9.59 Å². The predicted molar refractivity (Wildman–Crippen MR) is 74.0 cm³/mol. The van der Waals surface area contributed by atoms with E-state index < -0.39 is 5.97 Å². The lowest BCUT2D eigenvalue weighted by molar-refractivity contribution is -0.137. The van der Waals surface area contributed by atoms with Crippen molar-refractivity contribution in [3.63, 3.8) is 0 Å². The fourth-order valence-electron chi connectivity index (χ4n) is 2.38. The molecule has 0 atom stereocenters. The minimum Gasteiger partial charge on any atom is -0.481 e. The van der Waals surface area contributed by atoms with Crippen LogP contribution in [0.25, 0.3) is 0 Å². The summed E-state index contributed by atoms with van der Waals surface area (Å²) in [6.07, 6.45) is 7.06. The van der Waals surface area contributed by atoms with E-state index in [1.807, 2.05) is 0 Å². The van der Waals surface area contributed by atoms with Gasteiger partial charge < -0.3 is 15.3 Å². The highest BCUT2D eigenvalue weighted by Gasteiger charge is 2.08. The SMILES string of the molecule is O=C(O)CCCC(=O)NCCCN1CCCCCC1. The van der Waals surface area contributed by atoms with E-state index in [4.69, 9.17) is 5.11 Å². The number of hydrogen-bond acceptors (Lipinski definition) is 3. The van der Waals surface area contributed by atoms with Crippen molar-refractivity contribution in [3.05, 3.63) is 0 Å². The third-order valence-corrected chi connectivity index (χ3v) is 3.47. The van der Waals surface area contributed by atoms with Crippen LogP contribution < -0.4 is 5.32 Å². The standard InChI is InChI=1S/C14H26N2O3/c17-13(7-5-8-14(18)19)15-9-6-12-16-10-3-1-2-4-11-16/h1-12H2,(H,15,17)(H,18,19). The van der Waals surface area contributed by atoms with Crippen molar-refractivity contribution >= 4 is 11.9 Å². The maximum atomic E-state index is 11.4. The predicted octanol–water partition coefficient (Wildman–Crippen LogP) is 1.62. The van der Waals surface area contributed by atoms with Gasteiger partial charge in [0.2, 0.25) is 5.91 Å². The minimum absolute atomic E-state index is 0.0304. The molecule has 1 aliphatic rings. The first-order chi connectivity index (χ1) is 9.18. The van der Waals surface area contributed by atoms with Gasteiger partial charge in [0.1, 0.15) is 0 Å². The number of carboxylic acid groups (broad SMARTS) is 1. The Morgan fingerprint density at radius 1 is 1.00 bits per heavy atom. The van der Waals surface area contributed by atoms with Gasteiger partial charge in [-0.15, -0.1) is 0 Å². The normalized spacial score (nSPS) is 16.8. The third kappa shape index (κ3) is 8.59. The molecule has 2 N–H and O–H groups in total. The van der Waals surface area contributed by atoms with E-state index in [0.29, 0.717) is 19.4 Å². The van der Waals surface area contributed by atoms with E-state index in [2.05, 4.69) is 10.2 Å². The highest BCUT2D eigenvalue weighted by atomic mass is 16.4. The van der Waals surface area contributed by atoms with E-state index in [1.54, 1.807) is 0 Å². The van der Waals surface area contributed by atoms with Crippen molar-refractivity contribution < 1.29 is 14.7 Å². The fraction of sp³-hybridized carbons (Fsp3) is 0.857. The zero-order chi connectivity index (χ0) is 13.9. The topological polar surface area (TPSA) is 69.6 Å². The molecule has 19 heavy (non-hydrogen) atoms. The molecule has 110 valence electrons. The van der Waals surface area contributed by atoms with Crippen molar-refractivity contribution in [2.75, 3.05) is 26.2 Å². The van der Waals surface area contributed by atoms with Crippen LogP contribution in [0.1, 0.15) is 51.4 Å². The highest BCUT2D eigenvalue weighted by Crippen LogP contribution is 2.09. The molecule has 1 rings (SSSR count). The van der Waals surface area contributed by atoms with Crippen molar-refractivity contribution in [1.82, 2.24) is 10.2 Å². The summed E-state index contributed by atoms with van der Waals surface area (Å²) >= 11 is 0. The average molecular weight is 270 g/mol. The Morgan fingerprint density at radius 2 is 1.68 bits per heavy atom. The molecule has 5 heteroatoms. The molecule has 1 heterocycles. The van der Waals surface area contributed by atoms with Crippen LogP contribution in [0.5, 0.6) is 0 Å². The van der Waals surface area contributed by atoms with Gasteiger partial charge in [0.05, 0.1) is 0 Å². The lowest BCUT2D eigenvalue weighted by Gasteiger charge is -2.19. The van der Waals surface area contributed by atoms with Crippen LogP contribution in [-0.2, 0) is 9.59 Å². The molecule has 0 radical (unpaired) electrons. The van der Waals surface area contributed by atoms with Gasteiger partial charge in [-0.05, 0) is 45.3 Å². The molecule has 0 saturated carbocycles. The zero-order valence-corrected chi connectivity index (χ0v) is 11.7. The molecular formula is C14H26N2O3. The molecule has 0 spiro atoms. The van der Waals surface area contributed by atoms with Crippen LogP contribution in [0.15, 0.2) is 0 Å². The number of carbonyl (C=O) groups excluding carboxylic acids is 1. The van der Waals surface area contributed by atoms with Crippen LogP contribution >= 0.6 is 0 Å². The first-order valence-electron chi connectivity index (χ1n) is 7.39. The summed E-state index contributed by atoms with van der Waals surface area (Å²) < 4.78 is 0. The number of carboxylic acids is 1. The van der Waals surface area contributed by atoms with Gasteiger partial charge in [-0.25, -0.2) is 0 Å². The lowest BCUT2D eigenvalue weighted by Crippen LogP contribution is -2.30. The fourth-order valence-corrected chi connectivity index (χ4v) is 2.38. The number of aliphatic carboxylic acids is 1. The second kappa shape index (κ2) is 9.78. The highest BCUT2D eigenvalue weighted by molar-refractivity contribution is 5.76. The van der Waals surface area contributed by atoms with Crippen molar-refractivity contribution in [2.24, 2.45) is 0 Å². The second-order valence-electron chi connectivity index (χ2n) is 5.21. The molecule has 0 unspecified atom stereocenters. The van der Waals surface area contributed by atoms with Crippen LogP contribution in [0.2, 0.25) is 0 Å². The summed E-state index contributed by atoms with van der Waals surface area (Å²) in [5, 5.41) is 11.3. The van der Waals surface area contributed by atoms with Gasteiger partial charge in [-0.2, -0.15) is 0 Å². The monoisotopic (exact) mass is 270 g/mol. The minimum atomic E-state index is -0.839. The molecular weight excluding hydrogens is 244 g/mol. The summed E-state index contributed by atoms with van der Waals surface area (Å²) in [5.74, 6) is -0.869. The van der Waals surface area contributed by atoms with Crippen molar-refractivity contribution in [3.8, 4) is 0 Å². The smallest absolute Gasteiger partial charge is 0.303 e. The summed E-state index contributed by atoms with van der Waals surface area (Å²) in [4.78, 5) is 24.2. The molecule has 0 aromatic carbocycles. The second-order valence-corrected chi connectivity index (χ2v) is 5.21. The first kappa shape index (κ1) is 16.0. The quantitative estimate of drug-likeness (QED) is 0.658. The van der Waals surface area contributed by atoms with E-state index in [-0.39, 0.29) is 12.3 Å². The van der Waals surface area contributed by atoms with Gasteiger partial charge in [0.25, 0.3) is 0 Å². The molecule has 1 amide bonds. The summed E-state index contributed by atoms with van der Waals surface area (Å²) in [7, 11) is 0. The van der Waals surface area contributed by atoms with Crippen LogP contribution in [0, 0.1) is 0 Å². The Morgan fingerprint density at radius 3 is 2.32 bits per heavy atom. The van der Waals surface area contributed by atoms with Gasteiger partial charge in [-0.1, -0.05) is 12.8 Å². The molecule has 0 aromatic heterocycles. The van der Waals surface area contributed by atoms with Crippen LogP contribution in [0.3, 0.4) is 0 Å². The largest absolute Gasteiger partial charge is 0.481 e. The molecule has 0 aromatic rings. The number of hydrogen-bond donors (Lipinski definition) is 2. The average Bonchev–Trinajstić information content (AvgIpc) is 2.63. The molecule has 5 nitrogen and oxygen atoms in total. The van der Waals surface area contributed by atoms with Crippen LogP contribution in [-0.4, -0.2) is 48.1 Å². The summed E-state index contributed by atoms with van der Waals surface area (Å²) in [5.41, 5.74) is 0. The van der Waals surface area contributed by atoms with Gasteiger partial charge in [0, 0.05) is 19.4 Å². The Bertz CT molecular complexity index is 274. The van der Waals surface area contributed by atoms with E-state index >= 15 is 0 Å². The Hall–Kier alpha value is -1.10. The third-order valence-electron chi connectivity index (χ3n) is 3.47. The number of nitrogens with one attached hydrogen (secondary N) is 1. The Labute approximate surface area is 115 Å². The molecule has 1 aliphatic heterocycles. The summed E-state index contributed by atoms with van der Waals surface area (Å²) in [6.45, 7) is 4.12. The summed E-state index contributed by atoms with van der Waals surface area (Å²) in [6, 6.07) is 0. The van der Waals surface area contributed by atoms with Crippen molar-refractivity contribution in [1.29, 1.82) is 0 Å². The lowest BCUT2D eigenvalue weighted by atomic mass is 10.2. The van der Waals surface area contributed by atoms with E-state index in [1.165, 1.54) is 38.8 Å². The number of rotatable bonds is 8. The van der Waals surface area contributed by atoms with Crippen molar-refractivity contribution in [2.45, 2.75) is 51.4 Å². The van der Waals surface area contributed by atoms with Gasteiger partial charge >= 0.3 is 5.97 Å². The number of likely N-dealkylation sites (tertiary alicyclic amines) is 1.